The molecule has 1 aliphatic heterocycles. The number of carbonyl (C=O) groups is 1. The summed E-state index contributed by atoms with van der Waals surface area (Å²) in [5.41, 5.74) is 12.7. The van der Waals surface area contributed by atoms with Crippen LogP contribution in [0.25, 0.3) is 44.6 Å². The number of hydrogen-bond donors (Lipinski definition) is 2. The topological polar surface area (TPSA) is 111 Å². The number of para-hydroxylation sites is 1. The molecule has 3 aromatic heterocycles. The highest BCUT2D eigenvalue weighted by Gasteiger charge is 2.47. The number of aromatic hydroxyl groups is 1. The Morgan fingerprint density at radius 3 is 2.64 bits per heavy atom. The van der Waals surface area contributed by atoms with E-state index in [-0.39, 0.29) is 23.9 Å². The molecule has 2 aromatic carbocycles. The molecule has 3 atom stereocenters. The van der Waals surface area contributed by atoms with Crippen LogP contribution >= 0.6 is 0 Å². The van der Waals surface area contributed by atoms with E-state index in [4.69, 9.17) is 15.5 Å². The first kappa shape index (κ1) is 25.3. The maximum absolute atomic E-state index is 13.7. The third kappa shape index (κ3) is 3.83. The molecule has 5 aromatic rings. The third-order valence-corrected chi connectivity index (χ3v) is 9.66. The molecule has 0 radical (unpaired) electrons. The monoisotopic (exact) mass is 562 g/mol. The van der Waals surface area contributed by atoms with Crippen molar-refractivity contribution in [2.24, 2.45) is 24.6 Å². The number of nitrogens with two attached hydrogens (primary N) is 1. The summed E-state index contributed by atoms with van der Waals surface area (Å²) in [5.74, 6) is 2.47. The van der Waals surface area contributed by atoms with Crippen LogP contribution in [0, 0.1) is 11.8 Å². The van der Waals surface area contributed by atoms with Crippen LogP contribution in [-0.4, -0.2) is 60.8 Å². The average molecular weight is 563 g/mol. The maximum atomic E-state index is 13.7. The van der Waals surface area contributed by atoms with Gasteiger partial charge in [-0.25, -0.2) is 9.97 Å². The maximum Gasteiger partial charge on any atom is 0.254 e. The predicted molar refractivity (Wildman–Crippen MR) is 161 cm³/mol. The Morgan fingerprint density at radius 1 is 1.10 bits per heavy atom. The van der Waals surface area contributed by atoms with E-state index < -0.39 is 0 Å². The van der Waals surface area contributed by atoms with E-state index in [1.165, 1.54) is 12.8 Å². The minimum absolute atomic E-state index is 0.0000455. The molecule has 9 heteroatoms. The molecule has 4 heterocycles. The number of carbonyl (C=O) groups excluding carboxylic acids is 1. The van der Waals surface area contributed by atoms with Crippen molar-refractivity contribution >= 4 is 27.8 Å². The fraction of sp³-hybridized carbons (Fsp3) is 0.364. The quantitative estimate of drug-likeness (QED) is 0.303. The van der Waals surface area contributed by atoms with Crippen molar-refractivity contribution in [2.75, 3.05) is 13.7 Å². The van der Waals surface area contributed by atoms with Gasteiger partial charge in [0.25, 0.3) is 5.91 Å². The van der Waals surface area contributed by atoms with Crippen molar-refractivity contribution in [2.45, 2.75) is 44.3 Å². The van der Waals surface area contributed by atoms with Crippen molar-refractivity contribution in [3.8, 4) is 34.3 Å². The molecule has 9 nitrogen and oxygen atoms in total. The number of ether oxygens (including phenoxy) is 1. The van der Waals surface area contributed by atoms with Crippen LogP contribution in [0.2, 0.25) is 0 Å². The molecule has 0 spiro atoms. The van der Waals surface area contributed by atoms with Gasteiger partial charge < -0.3 is 29.6 Å². The Hall–Kier alpha value is -4.37. The van der Waals surface area contributed by atoms with E-state index >= 15 is 0 Å². The Kier molecular flexibility index (Phi) is 5.63. The molecule has 8 rings (SSSR count). The highest BCUT2D eigenvalue weighted by molar-refractivity contribution is 6.01. The van der Waals surface area contributed by atoms with Gasteiger partial charge in [-0.05, 0) is 61.8 Å². The van der Waals surface area contributed by atoms with Gasteiger partial charge in [-0.2, -0.15) is 0 Å². The first-order valence-corrected chi connectivity index (χ1v) is 14.8. The number of amides is 1. The number of likely N-dealkylation sites (tertiary alicyclic amines) is 1. The van der Waals surface area contributed by atoms with Crippen LogP contribution in [0.4, 0.5) is 0 Å². The summed E-state index contributed by atoms with van der Waals surface area (Å²) in [5, 5.41) is 10.9. The van der Waals surface area contributed by atoms with Crippen molar-refractivity contribution < 1.29 is 14.6 Å². The van der Waals surface area contributed by atoms with Gasteiger partial charge in [0.1, 0.15) is 11.3 Å². The van der Waals surface area contributed by atoms with E-state index in [0.717, 1.165) is 70.5 Å². The normalized spacial score (nSPS) is 21.6. The van der Waals surface area contributed by atoms with Gasteiger partial charge in [-0.1, -0.05) is 18.2 Å². The Balaban J connectivity index is 1.28. The molecule has 2 saturated carbocycles. The lowest BCUT2D eigenvalue weighted by molar-refractivity contribution is 0.0700. The van der Waals surface area contributed by atoms with Crippen LogP contribution in [0.5, 0.6) is 11.6 Å². The summed E-state index contributed by atoms with van der Waals surface area (Å²) in [6.45, 7) is 1.61. The molecule has 1 saturated heterocycles. The van der Waals surface area contributed by atoms with Gasteiger partial charge in [0, 0.05) is 66.6 Å². The van der Waals surface area contributed by atoms with Gasteiger partial charge in [-0.3, -0.25) is 4.79 Å². The van der Waals surface area contributed by atoms with E-state index in [1.807, 2.05) is 30.1 Å². The highest BCUT2D eigenvalue weighted by Crippen LogP contribution is 2.41. The number of fused-ring (bicyclic) bond motifs is 4. The fourth-order valence-corrected chi connectivity index (χ4v) is 7.30. The first-order chi connectivity index (χ1) is 20.4. The summed E-state index contributed by atoms with van der Waals surface area (Å²) < 4.78 is 10.3. The number of methoxy groups -OCH3 is 1. The second-order valence-corrected chi connectivity index (χ2v) is 12.2. The first-order valence-electron chi connectivity index (χ1n) is 14.8. The van der Waals surface area contributed by atoms with E-state index in [9.17, 15) is 9.90 Å². The molecule has 1 amide bonds. The van der Waals surface area contributed by atoms with Crippen molar-refractivity contribution in [1.82, 2.24) is 24.0 Å². The zero-order valence-corrected chi connectivity index (χ0v) is 23.8. The standard InChI is InChI=1S/C33H34N6O3/c1-37-31-24(12-22(14-27(31)42-2)33(41)39-17-21-8-10-25(39)29(21)34)36-32(37)26-13-19-4-3-5-23(20-9-11-28(40)35-15-20)30(19)38(26)16-18-6-7-18/h3-5,9,11-15,18,21,25,29H,6-8,10,16-17,34H2,1-2H3,(H,35,40)/t21-,25-,29-/m1/s1. The van der Waals surface area contributed by atoms with Crippen LogP contribution in [0.1, 0.15) is 36.0 Å². The lowest BCUT2D eigenvalue weighted by Crippen LogP contribution is -2.41. The Bertz CT molecular complexity index is 1870. The molecule has 2 aliphatic carbocycles. The molecule has 214 valence electrons. The summed E-state index contributed by atoms with van der Waals surface area (Å²) in [6.07, 6.45) is 6.22. The molecule has 42 heavy (non-hydrogen) atoms. The molecular formula is C33H34N6O3. The lowest BCUT2D eigenvalue weighted by Gasteiger charge is -2.27. The van der Waals surface area contributed by atoms with Crippen LogP contribution in [-0.2, 0) is 13.6 Å². The number of rotatable bonds is 6. The van der Waals surface area contributed by atoms with Crippen molar-refractivity contribution in [1.29, 1.82) is 0 Å². The summed E-state index contributed by atoms with van der Waals surface area (Å²) in [4.78, 5) is 24.9. The SMILES string of the molecule is COc1cc(C(=O)N2C[C@H]3CC[C@@H]2[C@@H]3N)cc2nc(-c3cc4cccc(-c5ccc(O)nc5)c4n3CC3CC3)n(C)c12. The number of aryl methyl sites for hydroxylation is 1. The number of hydrogen-bond acceptors (Lipinski definition) is 6. The highest BCUT2D eigenvalue weighted by atomic mass is 16.5. The molecule has 3 N–H and O–H groups in total. The van der Waals surface area contributed by atoms with Crippen LogP contribution in [0.3, 0.4) is 0 Å². The van der Waals surface area contributed by atoms with Gasteiger partial charge in [0.15, 0.2) is 5.82 Å². The zero-order chi connectivity index (χ0) is 28.7. The number of benzene rings is 2. The zero-order valence-electron chi connectivity index (χ0n) is 23.8. The summed E-state index contributed by atoms with van der Waals surface area (Å²) in [7, 11) is 3.66. The van der Waals surface area contributed by atoms with E-state index in [0.29, 0.717) is 23.1 Å². The number of imidazole rings is 1. The Morgan fingerprint density at radius 2 is 1.95 bits per heavy atom. The molecule has 0 unspecified atom stereocenters. The summed E-state index contributed by atoms with van der Waals surface area (Å²) >= 11 is 0. The second-order valence-electron chi connectivity index (χ2n) is 12.2. The van der Waals surface area contributed by atoms with Gasteiger partial charge in [0.05, 0.1) is 23.8 Å². The third-order valence-electron chi connectivity index (χ3n) is 9.66. The average Bonchev–Trinajstić information content (AvgIpc) is 3.39. The molecule has 3 fully saturated rings. The Labute approximate surface area is 243 Å². The largest absolute Gasteiger partial charge is 0.494 e. The van der Waals surface area contributed by atoms with Crippen LogP contribution < -0.4 is 10.5 Å². The lowest BCUT2D eigenvalue weighted by atomic mass is 10.0. The minimum Gasteiger partial charge on any atom is -0.494 e. The van der Waals surface area contributed by atoms with Gasteiger partial charge in [-0.15, -0.1) is 0 Å². The molecule has 2 bridgehead atoms. The second kappa shape index (κ2) is 9.32. The number of aromatic nitrogens is 4. The fourth-order valence-electron chi connectivity index (χ4n) is 7.30. The molecule has 3 aliphatic rings. The summed E-state index contributed by atoms with van der Waals surface area (Å²) in [6, 6.07) is 16.0. The number of nitrogens with zero attached hydrogens (tertiary/aromatic N) is 5. The van der Waals surface area contributed by atoms with Crippen LogP contribution in [0.15, 0.2) is 54.7 Å². The predicted octanol–water partition coefficient (Wildman–Crippen LogP) is 4.94. The smallest absolute Gasteiger partial charge is 0.254 e. The van der Waals surface area contributed by atoms with E-state index in [1.54, 1.807) is 19.4 Å². The number of pyridine rings is 1. The van der Waals surface area contributed by atoms with Gasteiger partial charge >= 0.3 is 0 Å². The van der Waals surface area contributed by atoms with Crippen molar-refractivity contribution in [3.63, 3.8) is 0 Å². The van der Waals surface area contributed by atoms with E-state index in [2.05, 4.69) is 38.4 Å². The van der Waals surface area contributed by atoms with Gasteiger partial charge in [0.2, 0.25) is 5.88 Å². The van der Waals surface area contributed by atoms with Crippen molar-refractivity contribution in [3.05, 3.63) is 60.3 Å². The number of piperidine rings is 1. The molecular weight excluding hydrogens is 528 g/mol. The minimum atomic E-state index is 0.0000455.